The molecule has 0 aliphatic heterocycles. The van der Waals surface area contributed by atoms with Gasteiger partial charge in [-0.2, -0.15) is 0 Å². The Hall–Kier alpha value is -1.74. The predicted octanol–water partition coefficient (Wildman–Crippen LogP) is 3.74. The van der Waals surface area contributed by atoms with Crippen molar-refractivity contribution in [2.75, 3.05) is 6.54 Å². The van der Waals surface area contributed by atoms with Crippen molar-refractivity contribution < 1.29 is 8.78 Å². The first-order chi connectivity index (χ1) is 8.70. The molecule has 0 aliphatic carbocycles. The van der Waals surface area contributed by atoms with Crippen LogP contribution in [0.4, 0.5) is 8.78 Å². The highest BCUT2D eigenvalue weighted by molar-refractivity contribution is 5.64. The summed E-state index contributed by atoms with van der Waals surface area (Å²) in [7, 11) is 0. The predicted molar refractivity (Wildman–Crippen MR) is 69.2 cm³/mol. The van der Waals surface area contributed by atoms with Gasteiger partial charge in [0.25, 0.3) is 0 Å². The van der Waals surface area contributed by atoms with Gasteiger partial charge in [-0.1, -0.05) is 31.2 Å². The molecule has 0 saturated heterocycles. The molecule has 18 heavy (non-hydrogen) atoms. The van der Waals surface area contributed by atoms with Gasteiger partial charge in [0.1, 0.15) is 11.6 Å². The molecule has 0 saturated carbocycles. The average molecular weight is 247 g/mol. The molecule has 2 aromatic carbocycles. The van der Waals surface area contributed by atoms with Crippen LogP contribution in [0.5, 0.6) is 0 Å². The van der Waals surface area contributed by atoms with Crippen LogP contribution >= 0.6 is 0 Å². The van der Waals surface area contributed by atoms with Gasteiger partial charge in [0, 0.05) is 12.1 Å². The molecule has 0 unspecified atom stereocenters. The van der Waals surface area contributed by atoms with Crippen molar-refractivity contribution in [3.8, 4) is 11.1 Å². The van der Waals surface area contributed by atoms with Crippen molar-refractivity contribution in [3.63, 3.8) is 0 Å². The minimum atomic E-state index is -0.317. The standard InChI is InChI=1S/C15H15F2N/c1-2-18-10-11-3-8-14(15(17)9-11)12-4-6-13(16)7-5-12/h3-9,18H,2,10H2,1H3. The van der Waals surface area contributed by atoms with E-state index in [-0.39, 0.29) is 11.6 Å². The Morgan fingerprint density at radius 2 is 1.72 bits per heavy atom. The largest absolute Gasteiger partial charge is 0.313 e. The summed E-state index contributed by atoms with van der Waals surface area (Å²) in [5.74, 6) is -0.597. The Bertz CT molecular complexity index is 521. The number of benzene rings is 2. The van der Waals surface area contributed by atoms with E-state index in [0.717, 1.165) is 12.1 Å². The van der Waals surface area contributed by atoms with Gasteiger partial charge >= 0.3 is 0 Å². The van der Waals surface area contributed by atoms with Crippen LogP contribution in [0.2, 0.25) is 0 Å². The molecule has 0 atom stereocenters. The Morgan fingerprint density at radius 1 is 1.00 bits per heavy atom. The van der Waals surface area contributed by atoms with Crippen LogP contribution in [0, 0.1) is 11.6 Å². The fourth-order valence-electron chi connectivity index (χ4n) is 1.80. The molecule has 0 radical (unpaired) electrons. The third kappa shape index (κ3) is 2.93. The highest BCUT2D eigenvalue weighted by Gasteiger charge is 2.06. The average Bonchev–Trinajstić information content (AvgIpc) is 2.38. The van der Waals surface area contributed by atoms with Crippen molar-refractivity contribution >= 4 is 0 Å². The zero-order valence-electron chi connectivity index (χ0n) is 10.2. The van der Waals surface area contributed by atoms with Crippen molar-refractivity contribution in [2.45, 2.75) is 13.5 Å². The highest BCUT2D eigenvalue weighted by Crippen LogP contribution is 2.23. The molecular weight excluding hydrogens is 232 g/mol. The van der Waals surface area contributed by atoms with Gasteiger partial charge in [0.15, 0.2) is 0 Å². The number of nitrogens with one attached hydrogen (secondary N) is 1. The fraction of sp³-hybridized carbons (Fsp3) is 0.200. The number of halogens is 2. The van der Waals surface area contributed by atoms with Crippen molar-refractivity contribution in [1.29, 1.82) is 0 Å². The van der Waals surface area contributed by atoms with E-state index in [1.165, 1.54) is 18.2 Å². The number of hydrogen-bond donors (Lipinski definition) is 1. The molecule has 0 spiro atoms. The molecule has 94 valence electrons. The van der Waals surface area contributed by atoms with Gasteiger partial charge in [-0.25, -0.2) is 8.78 Å². The van der Waals surface area contributed by atoms with E-state index in [9.17, 15) is 8.78 Å². The molecule has 0 fully saturated rings. The maximum atomic E-state index is 13.9. The second-order valence-electron chi connectivity index (χ2n) is 4.10. The van der Waals surface area contributed by atoms with E-state index in [2.05, 4.69) is 5.32 Å². The summed E-state index contributed by atoms with van der Waals surface area (Å²) in [6.07, 6.45) is 0. The van der Waals surface area contributed by atoms with Gasteiger partial charge in [-0.3, -0.25) is 0 Å². The minimum Gasteiger partial charge on any atom is -0.313 e. The summed E-state index contributed by atoms with van der Waals surface area (Å²) in [6.45, 7) is 3.50. The number of hydrogen-bond acceptors (Lipinski definition) is 1. The highest BCUT2D eigenvalue weighted by atomic mass is 19.1. The van der Waals surface area contributed by atoms with Crippen LogP contribution in [0.3, 0.4) is 0 Å². The van der Waals surface area contributed by atoms with Crippen LogP contribution in [0.15, 0.2) is 42.5 Å². The van der Waals surface area contributed by atoms with E-state index in [1.807, 2.05) is 13.0 Å². The maximum Gasteiger partial charge on any atom is 0.131 e. The lowest BCUT2D eigenvalue weighted by molar-refractivity contribution is 0.623. The quantitative estimate of drug-likeness (QED) is 0.867. The molecular formula is C15H15F2N. The summed E-state index contributed by atoms with van der Waals surface area (Å²) in [5, 5.41) is 3.14. The summed E-state index contributed by atoms with van der Waals surface area (Å²) in [5.41, 5.74) is 2.08. The number of rotatable bonds is 4. The van der Waals surface area contributed by atoms with Crippen molar-refractivity contribution in [1.82, 2.24) is 5.32 Å². The molecule has 0 aromatic heterocycles. The summed E-state index contributed by atoms with van der Waals surface area (Å²) >= 11 is 0. The van der Waals surface area contributed by atoms with Crippen LogP contribution in [-0.4, -0.2) is 6.54 Å². The summed E-state index contributed by atoms with van der Waals surface area (Å²) < 4.78 is 26.7. The molecule has 0 heterocycles. The van der Waals surface area contributed by atoms with Gasteiger partial charge < -0.3 is 5.32 Å². The molecule has 2 aromatic rings. The summed E-state index contributed by atoms with van der Waals surface area (Å²) in [4.78, 5) is 0. The Kier molecular flexibility index (Phi) is 4.05. The summed E-state index contributed by atoms with van der Waals surface area (Å²) in [6, 6.07) is 11.0. The van der Waals surface area contributed by atoms with Gasteiger partial charge in [-0.15, -0.1) is 0 Å². The first-order valence-corrected chi connectivity index (χ1v) is 5.96. The lowest BCUT2D eigenvalue weighted by Crippen LogP contribution is -2.11. The smallest absolute Gasteiger partial charge is 0.131 e. The fourth-order valence-corrected chi connectivity index (χ4v) is 1.80. The Labute approximate surface area is 105 Å². The monoisotopic (exact) mass is 247 g/mol. The van der Waals surface area contributed by atoms with Crippen molar-refractivity contribution in [2.24, 2.45) is 0 Å². The molecule has 1 nitrogen and oxygen atoms in total. The third-order valence-corrected chi connectivity index (χ3v) is 2.77. The molecule has 1 N–H and O–H groups in total. The molecule has 0 aliphatic rings. The Balaban J connectivity index is 2.26. The van der Waals surface area contributed by atoms with Crippen molar-refractivity contribution in [3.05, 3.63) is 59.7 Å². The van der Waals surface area contributed by atoms with Crippen LogP contribution < -0.4 is 5.32 Å². The molecule has 3 heteroatoms. The topological polar surface area (TPSA) is 12.0 Å². The maximum absolute atomic E-state index is 13.9. The van der Waals surface area contributed by atoms with E-state index in [0.29, 0.717) is 17.7 Å². The first kappa shape index (κ1) is 12.7. The molecule has 0 amide bonds. The van der Waals surface area contributed by atoms with Crippen LogP contribution in [0.1, 0.15) is 12.5 Å². The van der Waals surface area contributed by atoms with E-state index < -0.39 is 0 Å². The zero-order chi connectivity index (χ0) is 13.0. The minimum absolute atomic E-state index is 0.281. The van der Waals surface area contributed by atoms with Gasteiger partial charge in [-0.05, 0) is 35.9 Å². The van der Waals surface area contributed by atoms with E-state index >= 15 is 0 Å². The third-order valence-electron chi connectivity index (χ3n) is 2.77. The van der Waals surface area contributed by atoms with E-state index in [1.54, 1.807) is 18.2 Å². The lowest BCUT2D eigenvalue weighted by Gasteiger charge is -2.07. The lowest BCUT2D eigenvalue weighted by atomic mass is 10.0. The van der Waals surface area contributed by atoms with Gasteiger partial charge in [0.05, 0.1) is 0 Å². The SMILES string of the molecule is CCNCc1ccc(-c2ccc(F)cc2)c(F)c1. The Morgan fingerprint density at radius 3 is 2.33 bits per heavy atom. The first-order valence-electron chi connectivity index (χ1n) is 5.96. The normalized spacial score (nSPS) is 10.6. The molecule has 2 rings (SSSR count). The van der Waals surface area contributed by atoms with Crippen LogP contribution in [0.25, 0.3) is 11.1 Å². The second-order valence-corrected chi connectivity index (χ2v) is 4.10. The zero-order valence-corrected chi connectivity index (χ0v) is 10.2. The van der Waals surface area contributed by atoms with Crippen LogP contribution in [-0.2, 0) is 6.54 Å². The van der Waals surface area contributed by atoms with Gasteiger partial charge in [0.2, 0.25) is 0 Å². The van der Waals surface area contributed by atoms with E-state index in [4.69, 9.17) is 0 Å². The second kappa shape index (κ2) is 5.74. The molecule has 0 bridgehead atoms.